The fourth-order valence-corrected chi connectivity index (χ4v) is 3.86. The van der Waals surface area contributed by atoms with Gasteiger partial charge in [0, 0.05) is 38.8 Å². The van der Waals surface area contributed by atoms with E-state index in [2.05, 4.69) is 66.3 Å². The molecule has 2 aliphatic heterocycles. The van der Waals surface area contributed by atoms with Crippen molar-refractivity contribution in [2.24, 2.45) is 0 Å². The quantitative estimate of drug-likeness (QED) is 0.878. The van der Waals surface area contributed by atoms with Gasteiger partial charge in [-0.3, -0.25) is 0 Å². The van der Waals surface area contributed by atoms with Gasteiger partial charge in [0.2, 0.25) is 0 Å². The van der Waals surface area contributed by atoms with Crippen molar-refractivity contribution < 1.29 is 9.47 Å². The molecule has 0 bridgehead atoms. The molecular formula is C22H29N3O2. The number of pyridine rings is 1. The third kappa shape index (κ3) is 4.42. The van der Waals surface area contributed by atoms with Gasteiger partial charge in [-0.2, -0.15) is 0 Å². The maximum absolute atomic E-state index is 5.95. The van der Waals surface area contributed by atoms with E-state index in [9.17, 15) is 0 Å². The van der Waals surface area contributed by atoms with Gasteiger partial charge in [0.1, 0.15) is 17.2 Å². The summed E-state index contributed by atoms with van der Waals surface area (Å²) < 4.78 is 11.6. The molecule has 2 aliphatic rings. The number of nitrogens with one attached hydrogen (secondary N) is 1. The molecule has 1 aromatic heterocycles. The van der Waals surface area contributed by atoms with Crippen molar-refractivity contribution in [3.05, 3.63) is 53.2 Å². The van der Waals surface area contributed by atoms with Crippen LogP contribution in [0.25, 0.3) is 0 Å². The first kappa shape index (κ1) is 18.3. The van der Waals surface area contributed by atoms with Crippen LogP contribution in [0.3, 0.4) is 0 Å². The smallest absolute Gasteiger partial charge is 0.128 e. The van der Waals surface area contributed by atoms with Crippen molar-refractivity contribution in [3.8, 4) is 5.75 Å². The summed E-state index contributed by atoms with van der Waals surface area (Å²) in [5.41, 5.74) is 3.72. The number of benzene rings is 1. The fourth-order valence-electron chi connectivity index (χ4n) is 3.86. The van der Waals surface area contributed by atoms with Gasteiger partial charge in [-0.1, -0.05) is 18.2 Å². The van der Waals surface area contributed by atoms with Gasteiger partial charge in [-0.05, 0) is 49.6 Å². The summed E-state index contributed by atoms with van der Waals surface area (Å²) in [5, 5.41) is 3.52. The second-order valence-electron chi connectivity index (χ2n) is 8.24. The van der Waals surface area contributed by atoms with Crippen LogP contribution in [-0.2, 0) is 24.2 Å². The van der Waals surface area contributed by atoms with Gasteiger partial charge < -0.3 is 19.7 Å². The Hall–Kier alpha value is -2.11. The van der Waals surface area contributed by atoms with E-state index in [0.717, 1.165) is 50.8 Å². The topological polar surface area (TPSA) is 46.6 Å². The molecule has 0 amide bonds. The van der Waals surface area contributed by atoms with Crippen LogP contribution in [0.1, 0.15) is 37.5 Å². The van der Waals surface area contributed by atoms with Crippen molar-refractivity contribution in [3.63, 3.8) is 0 Å². The van der Waals surface area contributed by atoms with E-state index in [-0.39, 0.29) is 11.7 Å². The number of morpholine rings is 1. The molecule has 2 aromatic rings. The molecule has 1 unspecified atom stereocenters. The minimum atomic E-state index is -0.0833. The monoisotopic (exact) mass is 367 g/mol. The normalized spacial score (nSPS) is 21.0. The number of rotatable bonds is 5. The van der Waals surface area contributed by atoms with Gasteiger partial charge in [0.05, 0.1) is 12.7 Å². The molecule has 1 fully saturated rings. The Kier molecular flexibility index (Phi) is 5.06. The first-order chi connectivity index (χ1) is 13.0. The Morgan fingerprint density at radius 3 is 2.78 bits per heavy atom. The van der Waals surface area contributed by atoms with Crippen LogP contribution in [0.15, 0.2) is 36.5 Å². The lowest BCUT2D eigenvalue weighted by Gasteiger charge is -2.32. The highest BCUT2D eigenvalue weighted by atomic mass is 16.5. The molecule has 4 rings (SSSR count). The van der Waals surface area contributed by atoms with E-state index in [1.807, 2.05) is 6.20 Å². The minimum absolute atomic E-state index is 0.0833. The van der Waals surface area contributed by atoms with E-state index >= 15 is 0 Å². The van der Waals surface area contributed by atoms with Crippen molar-refractivity contribution in [1.82, 2.24) is 10.3 Å². The van der Waals surface area contributed by atoms with E-state index in [0.29, 0.717) is 0 Å². The molecule has 5 heteroatoms. The Balaban J connectivity index is 1.30. The first-order valence-corrected chi connectivity index (χ1v) is 9.81. The lowest BCUT2D eigenvalue weighted by Crippen LogP contribution is -2.41. The second kappa shape index (κ2) is 7.49. The average Bonchev–Trinajstić information content (AvgIpc) is 2.95. The largest absolute Gasteiger partial charge is 0.487 e. The zero-order chi connectivity index (χ0) is 18.9. The predicted molar refractivity (Wildman–Crippen MR) is 107 cm³/mol. The van der Waals surface area contributed by atoms with Crippen molar-refractivity contribution >= 4 is 5.82 Å². The van der Waals surface area contributed by atoms with Crippen LogP contribution in [0, 0.1) is 0 Å². The molecule has 1 N–H and O–H groups in total. The van der Waals surface area contributed by atoms with Crippen LogP contribution in [0.4, 0.5) is 5.82 Å². The number of aromatic nitrogens is 1. The number of fused-ring (bicyclic) bond motifs is 1. The fraction of sp³-hybridized carbons (Fsp3) is 0.500. The van der Waals surface area contributed by atoms with Gasteiger partial charge in [-0.25, -0.2) is 4.98 Å². The maximum atomic E-state index is 5.95. The molecule has 144 valence electrons. The van der Waals surface area contributed by atoms with Gasteiger partial charge in [-0.15, -0.1) is 0 Å². The summed E-state index contributed by atoms with van der Waals surface area (Å²) in [6.07, 6.45) is 3.22. The lowest BCUT2D eigenvalue weighted by molar-refractivity contribution is 0.0529. The Bertz CT molecular complexity index is 789. The molecule has 3 heterocycles. The summed E-state index contributed by atoms with van der Waals surface area (Å²) in [6.45, 7) is 10.6. The van der Waals surface area contributed by atoms with Gasteiger partial charge in [0.15, 0.2) is 0 Å². The number of hydrogen-bond acceptors (Lipinski definition) is 5. The predicted octanol–water partition coefficient (Wildman–Crippen LogP) is 3.31. The maximum Gasteiger partial charge on any atom is 0.128 e. The molecule has 0 spiro atoms. The second-order valence-corrected chi connectivity index (χ2v) is 8.24. The molecule has 5 nitrogen and oxygen atoms in total. The molecule has 0 radical (unpaired) electrons. The van der Waals surface area contributed by atoms with Crippen LogP contribution in [0.2, 0.25) is 0 Å². The van der Waals surface area contributed by atoms with E-state index in [4.69, 9.17) is 9.47 Å². The van der Waals surface area contributed by atoms with E-state index in [1.54, 1.807) is 0 Å². The van der Waals surface area contributed by atoms with Gasteiger partial charge in [0.25, 0.3) is 0 Å². The van der Waals surface area contributed by atoms with Crippen molar-refractivity contribution in [2.45, 2.75) is 52.0 Å². The molecule has 1 aromatic carbocycles. The number of anilines is 1. The number of nitrogens with zero attached hydrogens (tertiary/aromatic N) is 2. The summed E-state index contributed by atoms with van der Waals surface area (Å²) in [7, 11) is 0. The van der Waals surface area contributed by atoms with Crippen LogP contribution >= 0.6 is 0 Å². The van der Waals surface area contributed by atoms with Crippen LogP contribution < -0.4 is 15.0 Å². The third-order valence-electron chi connectivity index (χ3n) is 5.16. The summed E-state index contributed by atoms with van der Waals surface area (Å²) in [6, 6.07) is 10.8. The molecule has 27 heavy (non-hydrogen) atoms. The van der Waals surface area contributed by atoms with Gasteiger partial charge >= 0.3 is 0 Å². The van der Waals surface area contributed by atoms with E-state index < -0.39 is 0 Å². The van der Waals surface area contributed by atoms with E-state index in [1.165, 1.54) is 16.7 Å². The Morgan fingerprint density at radius 1 is 1.19 bits per heavy atom. The highest BCUT2D eigenvalue weighted by Crippen LogP contribution is 2.35. The Labute approximate surface area is 161 Å². The molecular weight excluding hydrogens is 338 g/mol. The number of ether oxygens (including phenoxy) is 2. The molecule has 1 saturated heterocycles. The van der Waals surface area contributed by atoms with Crippen molar-refractivity contribution in [2.75, 3.05) is 24.6 Å². The zero-order valence-corrected chi connectivity index (χ0v) is 16.5. The lowest BCUT2D eigenvalue weighted by atomic mass is 10.0. The Morgan fingerprint density at radius 2 is 2.00 bits per heavy atom. The first-order valence-electron chi connectivity index (χ1n) is 9.81. The SMILES string of the molecule is CC1CN(c2ccc(CNCc3ccc4c(c3)CC(C)(C)O4)cn2)CCO1. The third-order valence-corrected chi connectivity index (χ3v) is 5.16. The zero-order valence-electron chi connectivity index (χ0n) is 16.5. The van der Waals surface area contributed by atoms with Crippen LogP contribution in [0.5, 0.6) is 5.75 Å². The minimum Gasteiger partial charge on any atom is -0.487 e. The highest BCUT2D eigenvalue weighted by Gasteiger charge is 2.29. The molecule has 0 aliphatic carbocycles. The number of hydrogen-bond donors (Lipinski definition) is 1. The van der Waals surface area contributed by atoms with Crippen LogP contribution in [-0.4, -0.2) is 36.4 Å². The summed E-state index contributed by atoms with van der Waals surface area (Å²) in [4.78, 5) is 6.93. The van der Waals surface area contributed by atoms with Crippen molar-refractivity contribution in [1.29, 1.82) is 0 Å². The molecule has 0 saturated carbocycles. The standard InChI is InChI=1S/C22H29N3O2/c1-16-15-25(8-9-26-16)21-7-5-18(14-24-21)13-23-12-17-4-6-20-19(10-17)11-22(2,3)27-20/h4-7,10,14,16,23H,8-9,11-13,15H2,1-3H3. The highest BCUT2D eigenvalue weighted by molar-refractivity contribution is 5.42. The summed E-state index contributed by atoms with van der Waals surface area (Å²) >= 11 is 0. The molecule has 1 atom stereocenters. The average molecular weight is 367 g/mol. The summed E-state index contributed by atoms with van der Waals surface area (Å²) in [5.74, 6) is 2.07.